The normalized spacial score (nSPS) is 25.1. The first-order chi connectivity index (χ1) is 8.04. The fraction of sp³-hybridized carbons (Fsp3) is 0.500. The van der Waals surface area contributed by atoms with Crippen molar-refractivity contribution in [1.82, 2.24) is 9.88 Å². The third-order valence-electron chi connectivity index (χ3n) is 3.47. The molecule has 0 amide bonds. The predicted octanol–water partition coefficient (Wildman–Crippen LogP) is 2.17. The zero-order valence-corrected chi connectivity index (χ0v) is 10.4. The summed E-state index contributed by atoms with van der Waals surface area (Å²) in [6.07, 6.45) is 4.86. The van der Waals surface area contributed by atoms with Gasteiger partial charge in [-0.3, -0.25) is 14.7 Å². The monoisotopic (exact) mass is 254 g/mol. The van der Waals surface area contributed by atoms with E-state index < -0.39 is 11.5 Å². The Morgan fingerprint density at radius 2 is 2.47 bits per heavy atom. The number of hydrogen-bond acceptors (Lipinski definition) is 3. The number of carbonyl (C=O) groups is 1. The minimum atomic E-state index is -0.771. The number of carboxylic acid groups (broad SMARTS) is 1. The van der Waals surface area contributed by atoms with Crippen molar-refractivity contribution in [2.75, 3.05) is 6.54 Å². The quantitative estimate of drug-likeness (QED) is 0.898. The third-order valence-corrected chi connectivity index (χ3v) is 3.81. The zero-order chi connectivity index (χ0) is 12.5. The Morgan fingerprint density at radius 3 is 3.12 bits per heavy atom. The Bertz CT molecular complexity index is 438. The third kappa shape index (κ3) is 2.28. The summed E-state index contributed by atoms with van der Waals surface area (Å²) in [5.74, 6) is -0.764. The van der Waals surface area contributed by atoms with Gasteiger partial charge < -0.3 is 5.11 Å². The molecule has 1 aromatic rings. The second kappa shape index (κ2) is 4.63. The Balaban J connectivity index is 2.19. The lowest BCUT2D eigenvalue weighted by Crippen LogP contribution is -2.47. The maximum Gasteiger partial charge on any atom is 0.323 e. The minimum Gasteiger partial charge on any atom is -0.480 e. The molecule has 1 aliphatic heterocycles. The molecule has 2 rings (SSSR count). The molecule has 0 aliphatic carbocycles. The molecule has 0 saturated carbocycles. The molecule has 1 aliphatic rings. The Morgan fingerprint density at radius 1 is 1.71 bits per heavy atom. The highest BCUT2D eigenvalue weighted by Gasteiger charge is 2.43. The van der Waals surface area contributed by atoms with Crippen LogP contribution in [0.15, 0.2) is 18.5 Å². The molecular formula is C12H15ClN2O2. The van der Waals surface area contributed by atoms with Crippen LogP contribution in [-0.2, 0) is 11.3 Å². The molecule has 1 atom stereocenters. The summed E-state index contributed by atoms with van der Waals surface area (Å²) in [6, 6.07) is 1.84. The minimum absolute atomic E-state index is 0.560. The summed E-state index contributed by atoms with van der Waals surface area (Å²) in [4.78, 5) is 17.2. The van der Waals surface area contributed by atoms with Gasteiger partial charge in [0, 0.05) is 18.9 Å². The molecule has 0 spiro atoms. The van der Waals surface area contributed by atoms with Crippen molar-refractivity contribution in [2.45, 2.75) is 31.8 Å². The van der Waals surface area contributed by atoms with Gasteiger partial charge in [0.15, 0.2) is 0 Å². The average molecular weight is 255 g/mol. The van der Waals surface area contributed by atoms with Crippen LogP contribution in [0, 0.1) is 0 Å². The standard InChI is InChI=1S/C12H15ClN2O2/c1-12(11(16)17)4-2-6-15(12)8-9-3-5-14-7-10(9)13/h3,5,7H,2,4,6,8H2,1H3,(H,16,17). The number of carboxylic acids is 1. The molecule has 1 fully saturated rings. The summed E-state index contributed by atoms with van der Waals surface area (Å²) in [5.41, 5.74) is 0.156. The number of aromatic nitrogens is 1. The number of halogens is 1. The Kier molecular flexibility index (Phi) is 3.35. The lowest BCUT2D eigenvalue weighted by atomic mass is 9.99. The lowest BCUT2D eigenvalue weighted by Gasteiger charge is -2.31. The van der Waals surface area contributed by atoms with Crippen LogP contribution in [0.3, 0.4) is 0 Å². The predicted molar refractivity (Wildman–Crippen MR) is 64.9 cm³/mol. The van der Waals surface area contributed by atoms with Gasteiger partial charge in [-0.05, 0) is 37.9 Å². The second-order valence-electron chi connectivity index (χ2n) is 4.57. The van der Waals surface area contributed by atoms with E-state index in [1.807, 2.05) is 11.0 Å². The van der Waals surface area contributed by atoms with Crippen LogP contribution in [0.4, 0.5) is 0 Å². The van der Waals surface area contributed by atoms with Gasteiger partial charge in [0.1, 0.15) is 5.54 Å². The van der Waals surface area contributed by atoms with Crippen molar-refractivity contribution in [3.05, 3.63) is 29.0 Å². The highest BCUT2D eigenvalue weighted by Crippen LogP contribution is 2.31. The summed E-state index contributed by atoms with van der Waals surface area (Å²) >= 11 is 6.04. The topological polar surface area (TPSA) is 53.4 Å². The van der Waals surface area contributed by atoms with E-state index in [0.717, 1.165) is 18.5 Å². The lowest BCUT2D eigenvalue weighted by molar-refractivity contribution is -0.148. The number of hydrogen-bond donors (Lipinski definition) is 1. The first-order valence-electron chi connectivity index (χ1n) is 5.61. The van der Waals surface area contributed by atoms with E-state index in [9.17, 15) is 9.90 Å². The van der Waals surface area contributed by atoms with Crippen LogP contribution in [-0.4, -0.2) is 33.0 Å². The number of aliphatic carboxylic acids is 1. The summed E-state index contributed by atoms with van der Waals surface area (Å²) in [7, 11) is 0. The number of pyridine rings is 1. The van der Waals surface area contributed by atoms with Crippen molar-refractivity contribution < 1.29 is 9.90 Å². The average Bonchev–Trinajstić information content (AvgIpc) is 2.65. The molecule has 4 nitrogen and oxygen atoms in total. The molecule has 0 aromatic carbocycles. The summed E-state index contributed by atoms with van der Waals surface area (Å²) in [6.45, 7) is 3.13. The van der Waals surface area contributed by atoms with Gasteiger partial charge in [0.2, 0.25) is 0 Å². The van der Waals surface area contributed by atoms with E-state index in [1.54, 1.807) is 19.3 Å². The fourth-order valence-electron chi connectivity index (χ4n) is 2.25. The molecule has 0 bridgehead atoms. The van der Waals surface area contributed by atoms with Gasteiger partial charge in [-0.15, -0.1) is 0 Å². The van der Waals surface area contributed by atoms with Crippen LogP contribution in [0.2, 0.25) is 5.02 Å². The first-order valence-corrected chi connectivity index (χ1v) is 5.98. The van der Waals surface area contributed by atoms with Crippen LogP contribution in [0.1, 0.15) is 25.3 Å². The van der Waals surface area contributed by atoms with Gasteiger partial charge in [0.25, 0.3) is 0 Å². The van der Waals surface area contributed by atoms with Crippen molar-refractivity contribution in [3.63, 3.8) is 0 Å². The van der Waals surface area contributed by atoms with Crippen LogP contribution in [0.5, 0.6) is 0 Å². The number of rotatable bonds is 3. The highest BCUT2D eigenvalue weighted by atomic mass is 35.5. The molecule has 1 N–H and O–H groups in total. The summed E-state index contributed by atoms with van der Waals surface area (Å²) < 4.78 is 0. The molecule has 1 unspecified atom stereocenters. The Hall–Kier alpha value is -1.13. The molecule has 5 heteroatoms. The maximum absolute atomic E-state index is 11.3. The van der Waals surface area contributed by atoms with E-state index in [-0.39, 0.29) is 0 Å². The largest absolute Gasteiger partial charge is 0.480 e. The van der Waals surface area contributed by atoms with E-state index in [4.69, 9.17) is 11.6 Å². The second-order valence-corrected chi connectivity index (χ2v) is 4.98. The number of likely N-dealkylation sites (tertiary alicyclic amines) is 1. The van der Waals surface area contributed by atoms with E-state index in [1.165, 1.54) is 0 Å². The van der Waals surface area contributed by atoms with Gasteiger partial charge in [-0.2, -0.15) is 0 Å². The molecule has 1 saturated heterocycles. The highest BCUT2D eigenvalue weighted by molar-refractivity contribution is 6.31. The fourth-order valence-corrected chi connectivity index (χ4v) is 2.43. The molecule has 0 radical (unpaired) electrons. The van der Waals surface area contributed by atoms with Crippen LogP contribution >= 0.6 is 11.6 Å². The SMILES string of the molecule is CC1(C(=O)O)CCCN1Cc1ccncc1Cl. The molecule has 92 valence electrons. The van der Waals surface area contributed by atoms with Gasteiger partial charge in [-0.25, -0.2) is 0 Å². The smallest absolute Gasteiger partial charge is 0.323 e. The van der Waals surface area contributed by atoms with E-state index >= 15 is 0 Å². The molecule has 17 heavy (non-hydrogen) atoms. The van der Waals surface area contributed by atoms with Crippen LogP contribution < -0.4 is 0 Å². The molecule has 2 heterocycles. The van der Waals surface area contributed by atoms with Gasteiger partial charge in [-0.1, -0.05) is 11.6 Å². The van der Waals surface area contributed by atoms with Gasteiger partial charge >= 0.3 is 5.97 Å². The van der Waals surface area contributed by atoms with E-state index in [2.05, 4.69) is 4.98 Å². The van der Waals surface area contributed by atoms with Crippen molar-refractivity contribution in [3.8, 4) is 0 Å². The zero-order valence-electron chi connectivity index (χ0n) is 9.69. The summed E-state index contributed by atoms with van der Waals surface area (Å²) in [5, 5.41) is 9.89. The Labute approximate surface area is 105 Å². The first kappa shape index (κ1) is 12.3. The molecule has 1 aromatic heterocycles. The maximum atomic E-state index is 11.3. The number of nitrogens with zero attached hydrogens (tertiary/aromatic N) is 2. The van der Waals surface area contributed by atoms with Crippen molar-refractivity contribution in [1.29, 1.82) is 0 Å². The van der Waals surface area contributed by atoms with E-state index in [0.29, 0.717) is 18.0 Å². The van der Waals surface area contributed by atoms with Crippen molar-refractivity contribution in [2.24, 2.45) is 0 Å². The molecular weight excluding hydrogens is 240 g/mol. The van der Waals surface area contributed by atoms with Crippen molar-refractivity contribution >= 4 is 17.6 Å². The van der Waals surface area contributed by atoms with Crippen LogP contribution in [0.25, 0.3) is 0 Å². The van der Waals surface area contributed by atoms with Gasteiger partial charge in [0.05, 0.1) is 5.02 Å².